The third kappa shape index (κ3) is 4.72. The van der Waals surface area contributed by atoms with Crippen LogP contribution in [-0.4, -0.2) is 19.7 Å². The minimum Gasteiger partial charge on any atom is -0.501 e. The maximum Gasteiger partial charge on any atom is 0.337 e. The summed E-state index contributed by atoms with van der Waals surface area (Å²) in [5.74, 6) is -0.320. The van der Waals surface area contributed by atoms with Crippen LogP contribution in [0.25, 0.3) is 6.08 Å². The van der Waals surface area contributed by atoms with Crippen molar-refractivity contribution in [3.05, 3.63) is 41.7 Å². The normalized spacial score (nSPS) is 10.5. The summed E-state index contributed by atoms with van der Waals surface area (Å²) >= 11 is 0. The van der Waals surface area contributed by atoms with Gasteiger partial charge in [0.2, 0.25) is 0 Å². The molecule has 0 saturated heterocycles. The summed E-state index contributed by atoms with van der Waals surface area (Å²) in [5.41, 5.74) is 1.55. The van der Waals surface area contributed by atoms with Crippen molar-refractivity contribution < 1.29 is 14.3 Å². The van der Waals surface area contributed by atoms with E-state index >= 15 is 0 Å². The highest BCUT2D eigenvalue weighted by atomic mass is 16.5. The van der Waals surface area contributed by atoms with Crippen LogP contribution >= 0.6 is 0 Å². The standard InChI is InChI=1S/C14H18O3/c1-3-4-10-17-11-9-12-5-7-13(8-6-12)14(15)16-2/h5-9,11H,3-4,10H2,1-2H3/b11-9+. The lowest BCUT2D eigenvalue weighted by Gasteiger charge is -2.00. The molecule has 3 heteroatoms. The molecule has 0 aromatic heterocycles. The lowest BCUT2D eigenvalue weighted by Crippen LogP contribution is -2.00. The molecule has 0 radical (unpaired) electrons. The van der Waals surface area contributed by atoms with Crippen molar-refractivity contribution in [2.75, 3.05) is 13.7 Å². The number of rotatable bonds is 6. The Hall–Kier alpha value is -1.77. The van der Waals surface area contributed by atoms with E-state index in [4.69, 9.17) is 4.74 Å². The van der Waals surface area contributed by atoms with Gasteiger partial charge in [0.05, 0.1) is 25.5 Å². The van der Waals surface area contributed by atoms with Crippen LogP contribution in [0, 0.1) is 0 Å². The molecule has 1 aromatic rings. The largest absolute Gasteiger partial charge is 0.501 e. The molecule has 0 heterocycles. The van der Waals surface area contributed by atoms with Crippen molar-refractivity contribution in [2.45, 2.75) is 19.8 Å². The van der Waals surface area contributed by atoms with E-state index in [1.165, 1.54) is 7.11 Å². The number of hydrogen-bond acceptors (Lipinski definition) is 3. The topological polar surface area (TPSA) is 35.5 Å². The van der Waals surface area contributed by atoms with Gasteiger partial charge in [-0.15, -0.1) is 0 Å². The van der Waals surface area contributed by atoms with Crippen LogP contribution < -0.4 is 0 Å². The zero-order valence-corrected chi connectivity index (χ0v) is 10.3. The van der Waals surface area contributed by atoms with Crippen LogP contribution in [0.1, 0.15) is 35.7 Å². The van der Waals surface area contributed by atoms with Crippen molar-refractivity contribution in [3.8, 4) is 0 Å². The molecule has 0 saturated carbocycles. The SMILES string of the molecule is CCCCO/C=C/c1ccc(C(=O)OC)cc1. The zero-order chi connectivity index (χ0) is 12.5. The maximum absolute atomic E-state index is 11.2. The molecule has 92 valence electrons. The molecule has 0 bridgehead atoms. The monoisotopic (exact) mass is 234 g/mol. The Labute approximate surface area is 102 Å². The van der Waals surface area contributed by atoms with Gasteiger partial charge in [0.1, 0.15) is 0 Å². The minimum atomic E-state index is -0.320. The highest BCUT2D eigenvalue weighted by molar-refractivity contribution is 5.89. The van der Waals surface area contributed by atoms with E-state index in [1.807, 2.05) is 18.2 Å². The van der Waals surface area contributed by atoms with Gasteiger partial charge in [-0.25, -0.2) is 4.79 Å². The van der Waals surface area contributed by atoms with Gasteiger partial charge in [0.15, 0.2) is 0 Å². The first-order valence-corrected chi connectivity index (χ1v) is 5.74. The number of carbonyl (C=O) groups excluding carboxylic acids is 1. The quantitative estimate of drug-likeness (QED) is 0.430. The molecule has 0 aliphatic rings. The van der Waals surface area contributed by atoms with Crippen LogP contribution in [0.15, 0.2) is 30.5 Å². The molecule has 0 amide bonds. The molecule has 0 unspecified atom stereocenters. The van der Waals surface area contributed by atoms with E-state index in [9.17, 15) is 4.79 Å². The first-order chi connectivity index (χ1) is 8.27. The van der Waals surface area contributed by atoms with Crippen molar-refractivity contribution in [3.63, 3.8) is 0 Å². The fourth-order valence-electron chi connectivity index (χ4n) is 1.27. The van der Waals surface area contributed by atoms with Gasteiger partial charge in [-0.05, 0) is 30.2 Å². The number of esters is 1. The highest BCUT2D eigenvalue weighted by Crippen LogP contribution is 2.07. The van der Waals surface area contributed by atoms with Crippen LogP contribution in [-0.2, 0) is 9.47 Å². The van der Waals surface area contributed by atoms with Gasteiger partial charge in [0.25, 0.3) is 0 Å². The first-order valence-electron chi connectivity index (χ1n) is 5.74. The van der Waals surface area contributed by atoms with Crippen molar-refractivity contribution >= 4 is 12.0 Å². The predicted molar refractivity (Wildman–Crippen MR) is 67.7 cm³/mol. The van der Waals surface area contributed by atoms with Gasteiger partial charge in [-0.2, -0.15) is 0 Å². The second kappa shape index (κ2) is 7.49. The number of carbonyl (C=O) groups is 1. The van der Waals surface area contributed by atoms with Crippen LogP contribution in [0.2, 0.25) is 0 Å². The Morgan fingerprint density at radius 1 is 1.29 bits per heavy atom. The van der Waals surface area contributed by atoms with E-state index in [0.29, 0.717) is 5.56 Å². The Balaban J connectivity index is 2.48. The zero-order valence-electron chi connectivity index (χ0n) is 10.3. The van der Waals surface area contributed by atoms with E-state index in [2.05, 4.69) is 11.7 Å². The lowest BCUT2D eigenvalue weighted by molar-refractivity contribution is 0.0601. The Morgan fingerprint density at radius 3 is 2.59 bits per heavy atom. The summed E-state index contributed by atoms with van der Waals surface area (Å²) in [7, 11) is 1.37. The van der Waals surface area contributed by atoms with E-state index in [1.54, 1.807) is 18.4 Å². The Bertz CT molecular complexity index is 366. The molecular weight excluding hydrogens is 216 g/mol. The van der Waals surface area contributed by atoms with E-state index < -0.39 is 0 Å². The van der Waals surface area contributed by atoms with E-state index in [0.717, 1.165) is 25.0 Å². The van der Waals surface area contributed by atoms with Crippen LogP contribution in [0.4, 0.5) is 0 Å². The second-order valence-electron chi connectivity index (χ2n) is 3.64. The fraction of sp³-hybridized carbons (Fsp3) is 0.357. The third-order valence-corrected chi connectivity index (χ3v) is 2.30. The van der Waals surface area contributed by atoms with Gasteiger partial charge < -0.3 is 9.47 Å². The summed E-state index contributed by atoms with van der Waals surface area (Å²) < 4.78 is 9.92. The molecule has 0 fully saturated rings. The Kier molecular flexibility index (Phi) is 5.86. The smallest absolute Gasteiger partial charge is 0.337 e. The van der Waals surface area contributed by atoms with Crippen LogP contribution in [0.5, 0.6) is 0 Å². The highest BCUT2D eigenvalue weighted by Gasteiger charge is 2.02. The Morgan fingerprint density at radius 2 is 2.00 bits per heavy atom. The molecule has 3 nitrogen and oxygen atoms in total. The average molecular weight is 234 g/mol. The van der Waals surface area contributed by atoms with Crippen molar-refractivity contribution in [1.82, 2.24) is 0 Å². The van der Waals surface area contributed by atoms with Crippen molar-refractivity contribution in [1.29, 1.82) is 0 Å². The molecule has 0 aliphatic carbocycles. The number of methoxy groups -OCH3 is 1. The predicted octanol–water partition coefficient (Wildman–Crippen LogP) is 3.26. The van der Waals surface area contributed by atoms with Gasteiger partial charge >= 0.3 is 5.97 Å². The summed E-state index contributed by atoms with van der Waals surface area (Å²) in [5, 5.41) is 0. The molecule has 17 heavy (non-hydrogen) atoms. The lowest BCUT2D eigenvalue weighted by atomic mass is 10.1. The van der Waals surface area contributed by atoms with Crippen molar-refractivity contribution in [2.24, 2.45) is 0 Å². The molecule has 1 rings (SSSR count). The number of hydrogen-bond donors (Lipinski definition) is 0. The van der Waals surface area contributed by atoms with Crippen LogP contribution in [0.3, 0.4) is 0 Å². The molecule has 0 aliphatic heterocycles. The summed E-state index contributed by atoms with van der Waals surface area (Å²) in [6, 6.07) is 7.17. The van der Waals surface area contributed by atoms with E-state index in [-0.39, 0.29) is 5.97 Å². The summed E-state index contributed by atoms with van der Waals surface area (Å²) in [6.45, 7) is 2.87. The molecule has 0 N–H and O–H groups in total. The third-order valence-electron chi connectivity index (χ3n) is 2.30. The molecule has 0 atom stereocenters. The second-order valence-corrected chi connectivity index (χ2v) is 3.64. The molecular formula is C14H18O3. The van der Waals surface area contributed by atoms with Gasteiger partial charge in [-0.1, -0.05) is 25.5 Å². The summed E-state index contributed by atoms with van der Waals surface area (Å²) in [6.07, 6.45) is 5.74. The number of ether oxygens (including phenoxy) is 2. The first kappa shape index (κ1) is 13.3. The number of unbranched alkanes of at least 4 members (excludes halogenated alkanes) is 1. The number of benzene rings is 1. The molecule has 1 aromatic carbocycles. The van der Waals surface area contributed by atoms with Gasteiger partial charge in [0, 0.05) is 0 Å². The summed E-state index contributed by atoms with van der Waals surface area (Å²) in [4.78, 5) is 11.2. The molecule has 0 spiro atoms. The maximum atomic E-state index is 11.2. The average Bonchev–Trinajstić information content (AvgIpc) is 2.38. The minimum absolute atomic E-state index is 0.320. The fourth-order valence-corrected chi connectivity index (χ4v) is 1.27. The van der Waals surface area contributed by atoms with Gasteiger partial charge in [-0.3, -0.25) is 0 Å².